The second kappa shape index (κ2) is 7.87. The standard InChI is InChI=1S/C23H20N2O2/c1-17(16-26-23-24-15-19-8-5-6-13-22(19)25-23)18-9-7-12-21(14-18)27-20-10-3-2-4-11-20/h2-15,17H,16H2,1H3. The van der Waals surface area contributed by atoms with Gasteiger partial charge in [-0.2, -0.15) is 4.98 Å². The van der Waals surface area contributed by atoms with E-state index in [4.69, 9.17) is 9.47 Å². The Morgan fingerprint density at radius 1 is 0.852 bits per heavy atom. The first-order valence-electron chi connectivity index (χ1n) is 8.95. The van der Waals surface area contributed by atoms with Gasteiger partial charge in [0.25, 0.3) is 0 Å². The SMILES string of the molecule is CC(COc1ncc2ccccc2n1)c1cccc(Oc2ccccc2)c1. The average molecular weight is 356 g/mol. The molecular weight excluding hydrogens is 336 g/mol. The van der Waals surface area contributed by atoms with Gasteiger partial charge in [-0.1, -0.05) is 55.5 Å². The Kier molecular flexibility index (Phi) is 4.97. The van der Waals surface area contributed by atoms with Gasteiger partial charge < -0.3 is 9.47 Å². The van der Waals surface area contributed by atoms with Crippen LogP contribution in [0.25, 0.3) is 10.9 Å². The minimum absolute atomic E-state index is 0.180. The Hall–Kier alpha value is -3.40. The molecule has 1 aromatic heterocycles. The first kappa shape index (κ1) is 17.0. The van der Waals surface area contributed by atoms with Crippen molar-refractivity contribution in [2.45, 2.75) is 12.8 Å². The van der Waals surface area contributed by atoms with Crippen molar-refractivity contribution in [2.24, 2.45) is 0 Å². The number of para-hydroxylation sites is 2. The highest BCUT2D eigenvalue weighted by Gasteiger charge is 2.10. The summed E-state index contributed by atoms with van der Waals surface area (Å²) in [4.78, 5) is 8.74. The molecule has 1 unspecified atom stereocenters. The average Bonchev–Trinajstić information content (AvgIpc) is 2.73. The van der Waals surface area contributed by atoms with Crippen LogP contribution in [0.15, 0.2) is 85.1 Å². The molecule has 0 saturated carbocycles. The topological polar surface area (TPSA) is 44.2 Å². The first-order chi connectivity index (χ1) is 13.3. The van der Waals surface area contributed by atoms with Crippen molar-refractivity contribution in [2.75, 3.05) is 6.61 Å². The first-order valence-corrected chi connectivity index (χ1v) is 8.95. The lowest BCUT2D eigenvalue weighted by molar-refractivity contribution is 0.274. The summed E-state index contributed by atoms with van der Waals surface area (Å²) in [6, 6.07) is 26.1. The fourth-order valence-corrected chi connectivity index (χ4v) is 2.83. The van der Waals surface area contributed by atoms with Crippen LogP contribution in [0.3, 0.4) is 0 Å². The third-order valence-electron chi connectivity index (χ3n) is 4.34. The molecule has 4 heteroatoms. The molecule has 4 nitrogen and oxygen atoms in total. The van der Waals surface area contributed by atoms with E-state index in [1.165, 1.54) is 0 Å². The Bertz CT molecular complexity index is 1030. The highest BCUT2D eigenvalue weighted by molar-refractivity contribution is 5.77. The number of rotatable bonds is 6. The Labute approximate surface area is 158 Å². The quantitative estimate of drug-likeness (QED) is 0.451. The van der Waals surface area contributed by atoms with Gasteiger partial charge in [-0.15, -0.1) is 0 Å². The summed E-state index contributed by atoms with van der Waals surface area (Å²) in [7, 11) is 0. The van der Waals surface area contributed by atoms with Crippen LogP contribution >= 0.6 is 0 Å². The molecule has 0 fully saturated rings. The van der Waals surface area contributed by atoms with Gasteiger partial charge in [-0.05, 0) is 35.9 Å². The molecule has 0 aliphatic heterocycles. The molecule has 0 N–H and O–H groups in total. The summed E-state index contributed by atoms with van der Waals surface area (Å²) in [6.45, 7) is 2.61. The largest absolute Gasteiger partial charge is 0.463 e. The summed E-state index contributed by atoms with van der Waals surface area (Å²) in [5.41, 5.74) is 2.03. The molecule has 0 aliphatic rings. The summed E-state index contributed by atoms with van der Waals surface area (Å²) < 4.78 is 11.7. The van der Waals surface area contributed by atoms with E-state index in [0.29, 0.717) is 12.6 Å². The van der Waals surface area contributed by atoms with E-state index in [2.05, 4.69) is 23.0 Å². The van der Waals surface area contributed by atoms with E-state index < -0.39 is 0 Å². The third kappa shape index (κ3) is 4.23. The number of aromatic nitrogens is 2. The summed E-state index contributed by atoms with van der Waals surface area (Å²) in [6.07, 6.45) is 1.79. The zero-order valence-electron chi connectivity index (χ0n) is 15.1. The van der Waals surface area contributed by atoms with Gasteiger partial charge in [0, 0.05) is 17.5 Å². The smallest absolute Gasteiger partial charge is 0.316 e. The van der Waals surface area contributed by atoms with Crippen LogP contribution in [0.4, 0.5) is 0 Å². The fourth-order valence-electron chi connectivity index (χ4n) is 2.83. The van der Waals surface area contributed by atoms with Gasteiger partial charge in [0.15, 0.2) is 0 Å². The van der Waals surface area contributed by atoms with Crippen LogP contribution in [0.5, 0.6) is 17.5 Å². The van der Waals surface area contributed by atoms with Crippen molar-refractivity contribution < 1.29 is 9.47 Å². The maximum Gasteiger partial charge on any atom is 0.316 e. The lowest BCUT2D eigenvalue weighted by Gasteiger charge is -2.14. The van der Waals surface area contributed by atoms with Crippen molar-refractivity contribution in [1.29, 1.82) is 0 Å². The third-order valence-corrected chi connectivity index (χ3v) is 4.34. The second-order valence-corrected chi connectivity index (χ2v) is 6.41. The molecule has 4 rings (SSSR count). The molecule has 4 aromatic rings. The van der Waals surface area contributed by atoms with E-state index in [9.17, 15) is 0 Å². The molecule has 3 aromatic carbocycles. The van der Waals surface area contributed by atoms with Crippen molar-refractivity contribution in [1.82, 2.24) is 9.97 Å². The molecule has 0 radical (unpaired) electrons. The zero-order valence-corrected chi connectivity index (χ0v) is 15.1. The predicted octanol–water partition coefficient (Wildman–Crippen LogP) is 5.60. The van der Waals surface area contributed by atoms with E-state index in [0.717, 1.165) is 28.0 Å². The van der Waals surface area contributed by atoms with E-state index in [-0.39, 0.29) is 5.92 Å². The number of benzene rings is 3. The monoisotopic (exact) mass is 356 g/mol. The van der Waals surface area contributed by atoms with Gasteiger partial charge in [-0.25, -0.2) is 4.98 Å². The van der Waals surface area contributed by atoms with Crippen LogP contribution in [0.2, 0.25) is 0 Å². The van der Waals surface area contributed by atoms with Crippen LogP contribution in [0.1, 0.15) is 18.4 Å². The molecule has 0 spiro atoms. The normalized spacial score (nSPS) is 11.9. The molecule has 1 atom stereocenters. The molecule has 0 bridgehead atoms. The minimum Gasteiger partial charge on any atom is -0.463 e. The van der Waals surface area contributed by atoms with Crippen LogP contribution in [-0.4, -0.2) is 16.6 Å². The molecule has 0 saturated heterocycles. The van der Waals surface area contributed by atoms with Crippen molar-refractivity contribution in [3.8, 4) is 17.5 Å². The van der Waals surface area contributed by atoms with Crippen LogP contribution in [0, 0.1) is 0 Å². The molecule has 0 amide bonds. The Balaban J connectivity index is 1.43. The van der Waals surface area contributed by atoms with Gasteiger partial charge in [-0.3, -0.25) is 0 Å². The van der Waals surface area contributed by atoms with Gasteiger partial charge in [0.1, 0.15) is 11.5 Å². The van der Waals surface area contributed by atoms with Gasteiger partial charge in [0.2, 0.25) is 0 Å². The van der Waals surface area contributed by atoms with E-state index in [1.54, 1.807) is 6.20 Å². The second-order valence-electron chi connectivity index (χ2n) is 6.41. The number of fused-ring (bicyclic) bond motifs is 1. The number of hydrogen-bond donors (Lipinski definition) is 0. The zero-order chi connectivity index (χ0) is 18.5. The van der Waals surface area contributed by atoms with E-state index in [1.807, 2.05) is 72.8 Å². The highest BCUT2D eigenvalue weighted by Crippen LogP contribution is 2.25. The highest BCUT2D eigenvalue weighted by atomic mass is 16.5. The number of nitrogens with zero attached hydrogens (tertiary/aromatic N) is 2. The maximum absolute atomic E-state index is 5.91. The maximum atomic E-state index is 5.91. The van der Waals surface area contributed by atoms with E-state index >= 15 is 0 Å². The minimum atomic E-state index is 0.180. The predicted molar refractivity (Wildman–Crippen MR) is 106 cm³/mol. The van der Waals surface area contributed by atoms with Crippen molar-refractivity contribution in [3.05, 3.63) is 90.6 Å². The molecular formula is C23H20N2O2. The Morgan fingerprint density at radius 3 is 2.52 bits per heavy atom. The van der Waals surface area contributed by atoms with Crippen molar-refractivity contribution in [3.63, 3.8) is 0 Å². The van der Waals surface area contributed by atoms with Crippen molar-refractivity contribution >= 4 is 10.9 Å². The summed E-state index contributed by atoms with van der Waals surface area (Å²) >= 11 is 0. The number of hydrogen-bond acceptors (Lipinski definition) is 4. The van der Waals surface area contributed by atoms with Gasteiger partial charge in [0.05, 0.1) is 12.1 Å². The molecule has 0 aliphatic carbocycles. The number of ether oxygens (including phenoxy) is 2. The Morgan fingerprint density at radius 2 is 1.63 bits per heavy atom. The fraction of sp³-hybridized carbons (Fsp3) is 0.130. The lowest BCUT2D eigenvalue weighted by Crippen LogP contribution is -2.09. The molecule has 27 heavy (non-hydrogen) atoms. The molecule has 134 valence electrons. The lowest BCUT2D eigenvalue weighted by atomic mass is 10.0. The van der Waals surface area contributed by atoms with Crippen LogP contribution < -0.4 is 9.47 Å². The molecule has 1 heterocycles. The summed E-state index contributed by atoms with van der Waals surface area (Å²) in [5, 5.41) is 1.00. The summed E-state index contributed by atoms with van der Waals surface area (Å²) in [5.74, 6) is 1.81. The van der Waals surface area contributed by atoms with Gasteiger partial charge >= 0.3 is 6.01 Å². The van der Waals surface area contributed by atoms with Crippen LogP contribution in [-0.2, 0) is 0 Å².